The van der Waals surface area contributed by atoms with E-state index in [9.17, 15) is 4.79 Å². The molecule has 0 radical (unpaired) electrons. The molecular formula is C12H16N4O2. The first kappa shape index (κ1) is 12.3. The lowest BCUT2D eigenvalue weighted by molar-refractivity contribution is 0.0438. The number of carbonyl (C=O) groups is 1. The summed E-state index contributed by atoms with van der Waals surface area (Å²) < 4.78 is 0. The minimum Gasteiger partial charge on any atom is -0.393 e. The predicted molar refractivity (Wildman–Crippen MR) is 68.6 cm³/mol. The van der Waals surface area contributed by atoms with Gasteiger partial charge in [0.25, 0.3) is 0 Å². The molecule has 0 atom stereocenters. The van der Waals surface area contributed by atoms with Gasteiger partial charge in [0.1, 0.15) is 11.9 Å². The first-order chi connectivity index (χ1) is 8.70. The molecule has 0 unspecified atom stereocenters. The van der Waals surface area contributed by atoms with Crippen molar-refractivity contribution in [1.82, 2.24) is 4.98 Å². The highest BCUT2D eigenvalue weighted by atomic mass is 16.6. The summed E-state index contributed by atoms with van der Waals surface area (Å²) in [4.78, 5) is 22.5. The normalized spacial score (nSPS) is 16.3. The third-order valence-corrected chi connectivity index (χ3v) is 3.02. The lowest BCUT2D eigenvalue weighted by Crippen LogP contribution is -2.37. The molecular weight excluding hydrogens is 232 g/mol. The van der Waals surface area contributed by atoms with Gasteiger partial charge < -0.3 is 15.5 Å². The van der Waals surface area contributed by atoms with Crippen molar-refractivity contribution in [2.75, 3.05) is 18.0 Å². The van der Waals surface area contributed by atoms with E-state index in [1.165, 1.54) is 6.20 Å². The standard InChI is InChI=1S/C12H16N4O2/c1-14-18-10-4-6-16(7-5-10)11-3-2-9(8-15-11)12(13)17/h2-3,8,10H,1,4-7H2,(H2,13,17). The van der Waals surface area contributed by atoms with Crippen molar-refractivity contribution in [3.63, 3.8) is 0 Å². The zero-order valence-electron chi connectivity index (χ0n) is 10.1. The first-order valence-corrected chi connectivity index (χ1v) is 5.83. The summed E-state index contributed by atoms with van der Waals surface area (Å²) >= 11 is 0. The number of aromatic nitrogens is 1. The number of nitrogens with zero attached hydrogens (tertiary/aromatic N) is 3. The zero-order valence-corrected chi connectivity index (χ0v) is 10.1. The van der Waals surface area contributed by atoms with Crippen LogP contribution in [0.1, 0.15) is 23.2 Å². The molecule has 1 aromatic heterocycles. The van der Waals surface area contributed by atoms with Crippen LogP contribution in [0, 0.1) is 0 Å². The van der Waals surface area contributed by atoms with E-state index in [1.807, 2.05) is 6.07 Å². The average Bonchev–Trinajstić information content (AvgIpc) is 2.40. The summed E-state index contributed by atoms with van der Waals surface area (Å²) in [7, 11) is 0. The third kappa shape index (κ3) is 2.77. The van der Waals surface area contributed by atoms with E-state index in [1.54, 1.807) is 6.07 Å². The minimum absolute atomic E-state index is 0.142. The maximum absolute atomic E-state index is 10.9. The predicted octanol–water partition coefficient (Wildman–Crippen LogP) is 0.781. The molecule has 2 rings (SSSR count). The van der Waals surface area contributed by atoms with Gasteiger partial charge >= 0.3 is 0 Å². The Bertz CT molecular complexity index is 424. The third-order valence-electron chi connectivity index (χ3n) is 3.02. The Hall–Kier alpha value is -2.11. The Balaban J connectivity index is 1.97. The molecule has 0 spiro atoms. The van der Waals surface area contributed by atoms with Crippen molar-refractivity contribution in [3.05, 3.63) is 23.9 Å². The summed E-state index contributed by atoms with van der Waals surface area (Å²) in [6.07, 6.45) is 3.42. The largest absolute Gasteiger partial charge is 0.393 e. The first-order valence-electron chi connectivity index (χ1n) is 5.83. The molecule has 1 saturated heterocycles. The molecule has 1 aliphatic heterocycles. The monoisotopic (exact) mass is 248 g/mol. The van der Waals surface area contributed by atoms with Crippen LogP contribution >= 0.6 is 0 Å². The molecule has 0 saturated carbocycles. The topological polar surface area (TPSA) is 80.8 Å². The van der Waals surface area contributed by atoms with Crippen LogP contribution in [0.5, 0.6) is 0 Å². The number of rotatable bonds is 4. The van der Waals surface area contributed by atoms with Gasteiger partial charge in [-0.25, -0.2) is 4.98 Å². The number of oxime groups is 1. The summed E-state index contributed by atoms with van der Waals surface area (Å²) in [5, 5.41) is 3.45. The molecule has 2 heterocycles. The van der Waals surface area contributed by atoms with Crippen LogP contribution in [0.4, 0.5) is 5.82 Å². The van der Waals surface area contributed by atoms with Crippen molar-refractivity contribution in [2.45, 2.75) is 18.9 Å². The number of nitrogens with two attached hydrogens (primary N) is 1. The van der Waals surface area contributed by atoms with E-state index >= 15 is 0 Å². The van der Waals surface area contributed by atoms with Crippen molar-refractivity contribution < 1.29 is 9.63 Å². The number of hydrogen-bond acceptors (Lipinski definition) is 5. The Kier molecular flexibility index (Phi) is 3.76. The number of pyridine rings is 1. The second-order valence-corrected chi connectivity index (χ2v) is 4.19. The van der Waals surface area contributed by atoms with Gasteiger partial charge in [0.05, 0.1) is 5.56 Å². The highest BCUT2D eigenvalue weighted by Gasteiger charge is 2.21. The van der Waals surface area contributed by atoms with Gasteiger partial charge in [0, 0.05) is 38.8 Å². The molecule has 0 aromatic carbocycles. The molecule has 6 heteroatoms. The fourth-order valence-electron chi connectivity index (χ4n) is 2.01. The van der Waals surface area contributed by atoms with Gasteiger partial charge in [0.15, 0.2) is 0 Å². The maximum atomic E-state index is 10.9. The maximum Gasteiger partial charge on any atom is 0.250 e. The van der Waals surface area contributed by atoms with Crippen LogP contribution in [0.15, 0.2) is 23.5 Å². The second kappa shape index (κ2) is 5.48. The van der Waals surface area contributed by atoms with Crippen LogP contribution in [0.3, 0.4) is 0 Å². The van der Waals surface area contributed by atoms with Crippen molar-refractivity contribution in [1.29, 1.82) is 0 Å². The Morgan fingerprint density at radius 1 is 1.50 bits per heavy atom. The summed E-state index contributed by atoms with van der Waals surface area (Å²) in [6.45, 7) is 5.02. The molecule has 1 aliphatic rings. The highest BCUT2D eigenvalue weighted by Crippen LogP contribution is 2.19. The fraction of sp³-hybridized carbons (Fsp3) is 0.417. The quantitative estimate of drug-likeness (QED) is 0.630. The Morgan fingerprint density at radius 3 is 2.72 bits per heavy atom. The average molecular weight is 248 g/mol. The summed E-state index contributed by atoms with van der Waals surface area (Å²) in [5.74, 6) is 0.392. The van der Waals surface area contributed by atoms with Crippen molar-refractivity contribution >= 4 is 18.4 Å². The number of carbonyl (C=O) groups excluding carboxylic acids is 1. The SMILES string of the molecule is C=NOC1CCN(c2ccc(C(N)=O)cn2)CC1. The van der Waals surface area contributed by atoms with E-state index in [-0.39, 0.29) is 6.10 Å². The lowest BCUT2D eigenvalue weighted by Gasteiger charge is -2.31. The van der Waals surface area contributed by atoms with Crippen molar-refractivity contribution in [3.8, 4) is 0 Å². The van der Waals surface area contributed by atoms with Crippen molar-refractivity contribution in [2.24, 2.45) is 10.9 Å². The van der Waals surface area contributed by atoms with Crippen LogP contribution in [0.2, 0.25) is 0 Å². The van der Waals surface area contributed by atoms with E-state index in [2.05, 4.69) is 21.8 Å². The number of anilines is 1. The van der Waals surface area contributed by atoms with E-state index in [4.69, 9.17) is 10.6 Å². The van der Waals surface area contributed by atoms with Gasteiger partial charge in [-0.3, -0.25) is 4.79 Å². The molecule has 1 aromatic rings. The minimum atomic E-state index is -0.460. The van der Waals surface area contributed by atoms with Gasteiger partial charge in [-0.15, -0.1) is 5.16 Å². The molecule has 1 amide bonds. The van der Waals surface area contributed by atoms with Crippen LogP contribution in [-0.2, 0) is 4.84 Å². The van der Waals surface area contributed by atoms with E-state index in [0.717, 1.165) is 31.7 Å². The summed E-state index contributed by atoms with van der Waals surface area (Å²) in [6, 6.07) is 3.51. The van der Waals surface area contributed by atoms with E-state index in [0.29, 0.717) is 5.56 Å². The molecule has 0 aliphatic carbocycles. The lowest BCUT2D eigenvalue weighted by atomic mass is 10.1. The van der Waals surface area contributed by atoms with Gasteiger partial charge in [-0.05, 0) is 12.1 Å². The Morgan fingerprint density at radius 2 is 2.22 bits per heavy atom. The fourth-order valence-corrected chi connectivity index (χ4v) is 2.01. The summed E-state index contributed by atoms with van der Waals surface area (Å²) in [5.41, 5.74) is 5.59. The molecule has 1 fully saturated rings. The number of hydrogen-bond donors (Lipinski definition) is 1. The molecule has 0 bridgehead atoms. The van der Waals surface area contributed by atoms with Crippen LogP contribution in [0.25, 0.3) is 0 Å². The number of amides is 1. The number of piperidine rings is 1. The second-order valence-electron chi connectivity index (χ2n) is 4.19. The molecule has 2 N–H and O–H groups in total. The van der Waals surface area contributed by atoms with Crippen LogP contribution < -0.4 is 10.6 Å². The van der Waals surface area contributed by atoms with E-state index < -0.39 is 5.91 Å². The Labute approximate surface area is 105 Å². The van der Waals surface area contributed by atoms with Crippen LogP contribution in [-0.4, -0.2) is 36.8 Å². The van der Waals surface area contributed by atoms with Gasteiger partial charge in [0.2, 0.25) is 5.91 Å². The molecule has 96 valence electrons. The zero-order chi connectivity index (χ0) is 13.0. The van der Waals surface area contributed by atoms with Gasteiger partial charge in [-0.1, -0.05) is 0 Å². The van der Waals surface area contributed by atoms with Gasteiger partial charge in [-0.2, -0.15) is 0 Å². The molecule has 18 heavy (non-hydrogen) atoms. The number of primary amides is 1. The smallest absolute Gasteiger partial charge is 0.250 e. The molecule has 6 nitrogen and oxygen atoms in total. The highest BCUT2D eigenvalue weighted by molar-refractivity contribution is 5.92.